The average Bonchev–Trinajstić information content (AvgIpc) is 2.74. The summed E-state index contributed by atoms with van der Waals surface area (Å²) in [6, 6.07) is 8.70. The molecule has 0 bridgehead atoms. The molecule has 182 valence electrons. The van der Waals surface area contributed by atoms with Gasteiger partial charge in [-0.1, -0.05) is 12.1 Å². The lowest BCUT2D eigenvalue weighted by Crippen LogP contribution is -2.46. The Kier molecular flexibility index (Phi) is 8.73. The van der Waals surface area contributed by atoms with E-state index < -0.39 is 36.1 Å². The summed E-state index contributed by atoms with van der Waals surface area (Å²) in [6.07, 6.45) is -5.45. The van der Waals surface area contributed by atoms with Crippen LogP contribution in [-0.4, -0.2) is 42.2 Å². The monoisotopic (exact) mass is 481 g/mol. The van der Waals surface area contributed by atoms with Crippen molar-refractivity contribution in [1.29, 1.82) is 0 Å². The molecule has 4 N–H and O–H groups in total. The Hall–Kier alpha value is -3.93. The van der Waals surface area contributed by atoms with Crippen molar-refractivity contribution in [3.05, 3.63) is 59.7 Å². The normalized spacial score (nSPS) is 12.0. The molecular formula is C22H22F3N3O6. The molecule has 0 radical (unpaired) electrons. The van der Waals surface area contributed by atoms with E-state index in [1.807, 2.05) is 0 Å². The lowest BCUT2D eigenvalue weighted by molar-refractivity contribution is -0.189. The molecule has 0 aliphatic heterocycles. The summed E-state index contributed by atoms with van der Waals surface area (Å²) >= 11 is 0. The van der Waals surface area contributed by atoms with Crippen LogP contribution in [0.5, 0.6) is 5.75 Å². The van der Waals surface area contributed by atoms with Gasteiger partial charge in [0.25, 0.3) is 0 Å². The summed E-state index contributed by atoms with van der Waals surface area (Å²) in [5.74, 6) is -4.00. The third kappa shape index (κ3) is 8.20. The summed E-state index contributed by atoms with van der Waals surface area (Å²) in [5, 5.41) is 4.48. The molecule has 0 saturated heterocycles. The largest absolute Gasteiger partial charge is 0.491 e. The van der Waals surface area contributed by atoms with Gasteiger partial charge in [-0.05, 0) is 62.2 Å². The number of anilines is 1. The minimum Gasteiger partial charge on any atom is -0.459 e. The fourth-order valence-electron chi connectivity index (χ4n) is 2.54. The third-order valence-corrected chi connectivity index (χ3v) is 4.12. The van der Waals surface area contributed by atoms with Crippen molar-refractivity contribution in [3.8, 4) is 5.75 Å². The summed E-state index contributed by atoms with van der Waals surface area (Å²) in [7, 11) is 0. The number of rotatable bonds is 7. The molecule has 0 aliphatic carbocycles. The number of hydrogen-bond donors (Lipinski definition) is 3. The zero-order chi connectivity index (χ0) is 25.5. The van der Waals surface area contributed by atoms with E-state index in [1.54, 1.807) is 13.8 Å². The number of halogens is 3. The number of benzene rings is 2. The molecule has 0 aromatic heterocycles. The summed E-state index contributed by atoms with van der Waals surface area (Å²) in [6.45, 7) is 3.42. The highest BCUT2D eigenvalue weighted by Gasteiger charge is 2.41. The van der Waals surface area contributed by atoms with Gasteiger partial charge >= 0.3 is 24.1 Å². The van der Waals surface area contributed by atoms with E-state index in [1.165, 1.54) is 36.4 Å². The van der Waals surface area contributed by atoms with Gasteiger partial charge in [0.1, 0.15) is 5.75 Å². The number of carbonyl (C=O) groups is 4. The Bertz CT molecular complexity index is 1040. The quantitative estimate of drug-likeness (QED) is 0.409. The average molecular weight is 481 g/mol. The molecule has 2 aromatic rings. The first-order valence-corrected chi connectivity index (χ1v) is 9.91. The van der Waals surface area contributed by atoms with E-state index >= 15 is 0 Å². The van der Waals surface area contributed by atoms with Crippen molar-refractivity contribution in [2.75, 3.05) is 5.32 Å². The van der Waals surface area contributed by atoms with Crippen LogP contribution in [0.4, 0.5) is 23.7 Å². The second-order valence-electron chi connectivity index (χ2n) is 7.32. The molecule has 0 aliphatic rings. The van der Waals surface area contributed by atoms with Crippen LogP contribution in [-0.2, 0) is 20.7 Å². The first-order valence-electron chi connectivity index (χ1n) is 9.91. The van der Waals surface area contributed by atoms with Crippen molar-refractivity contribution in [2.45, 2.75) is 38.6 Å². The zero-order valence-corrected chi connectivity index (χ0v) is 18.1. The minimum atomic E-state index is -5.12. The summed E-state index contributed by atoms with van der Waals surface area (Å²) in [4.78, 5) is 46.8. The van der Waals surface area contributed by atoms with Gasteiger partial charge in [-0.3, -0.25) is 10.1 Å². The number of urea groups is 1. The van der Waals surface area contributed by atoms with E-state index in [2.05, 4.69) is 15.4 Å². The molecule has 34 heavy (non-hydrogen) atoms. The predicted molar refractivity (Wildman–Crippen MR) is 114 cm³/mol. The molecule has 0 unspecified atom stereocenters. The van der Waals surface area contributed by atoms with Crippen LogP contribution in [0.2, 0.25) is 0 Å². The Balaban J connectivity index is 1.85. The molecule has 2 aromatic carbocycles. The van der Waals surface area contributed by atoms with Gasteiger partial charge in [0, 0.05) is 5.69 Å². The van der Waals surface area contributed by atoms with Crippen LogP contribution >= 0.6 is 0 Å². The maximum atomic E-state index is 12.2. The van der Waals surface area contributed by atoms with Gasteiger partial charge < -0.3 is 20.5 Å². The Labute approximate surface area is 192 Å². The van der Waals surface area contributed by atoms with Gasteiger partial charge in [-0.2, -0.15) is 13.2 Å². The van der Waals surface area contributed by atoms with Crippen LogP contribution in [0.3, 0.4) is 0 Å². The van der Waals surface area contributed by atoms with Gasteiger partial charge in [0.2, 0.25) is 5.91 Å². The van der Waals surface area contributed by atoms with Gasteiger partial charge in [0.15, 0.2) is 0 Å². The highest BCUT2D eigenvalue weighted by molar-refractivity contribution is 6.03. The second kappa shape index (κ2) is 11.3. The molecule has 0 heterocycles. The standard InChI is InChI=1S/C22H22F3N3O6/c1-12(2)33-19(30)14-5-7-15(8-6-14)27-21(32)28-18(29)17(26)11-13-3-9-16(10-4-13)34-20(31)22(23,24)25/h3-10,12,17H,11,26H2,1-2H3,(H2,27,28,29,32)/t17-/m0/s1. The van der Waals surface area contributed by atoms with E-state index in [4.69, 9.17) is 10.5 Å². The van der Waals surface area contributed by atoms with Crippen LogP contribution in [0.25, 0.3) is 0 Å². The fourth-order valence-corrected chi connectivity index (χ4v) is 2.54. The predicted octanol–water partition coefficient (Wildman–Crippen LogP) is 2.94. The Morgan fingerprint density at radius 1 is 0.971 bits per heavy atom. The molecule has 2 rings (SSSR count). The highest BCUT2D eigenvalue weighted by Crippen LogP contribution is 2.20. The van der Waals surface area contributed by atoms with Crippen molar-refractivity contribution in [1.82, 2.24) is 5.32 Å². The van der Waals surface area contributed by atoms with Crippen LogP contribution < -0.4 is 21.1 Å². The number of amides is 3. The molecule has 12 heteroatoms. The smallest absolute Gasteiger partial charge is 0.459 e. The van der Waals surface area contributed by atoms with E-state index in [0.717, 1.165) is 12.1 Å². The van der Waals surface area contributed by atoms with Crippen molar-refractivity contribution < 1.29 is 41.8 Å². The number of hydrogen-bond acceptors (Lipinski definition) is 7. The molecule has 0 fully saturated rings. The molecular weight excluding hydrogens is 459 g/mol. The Morgan fingerprint density at radius 3 is 2.09 bits per heavy atom. The topological polar surface area (TPSA) is 137 Å². The number of ether oxygens (including phenoxy) is 2. The number of nitrogens with two attached hydrogens (primary N) is 1. The number of imide groups is 1. The molecule has 0 saturated carbocycles. The molecule has 1 atom stereocenters. The van der Waals surface area contributed by atoms with Crippen molar-refractivity contribution in [2.24, 2.45) is 5.73 Å². The first-order chi connectivity index (χ1) is 15.8. The summed E-state index contributed by atoms with van der Waals surface area (Å²) < 4.78 is 45.9. The van der Waals surface area contributed by atoms with Gasteiger partial charge in [-0.25, -0.2) is 14.4 Å². The molecule has 0 spiro atoms. The van der Waals surface area contributed by atoms with Crippen LogP contribution in [0, 0.1) is 0 Å². The highest BCUT2D eigenvalue weighted by atomic mass is 19.4. The number of carbonyl (C=O) groups excluding carboxylic acids is 4. The third-order valence-electron chi connectivity index (χ3n) is 4.12. The van der Waals surface area contributed by atoms with E-state index in [0.29, 0.717) is 11.3 Å². The Morgan fingerprint density at radius 2 is 1.56 bits per heavy atom. The number of alkyl halides is 3. The first kappa shape index (κ1) is 26.3. The maximum absolute atomic E-state index is 12.2. The van der Waals surface area contributed by atoms with Crippen molar-refractivity contribution in [3.63, 3.8) is 0 Å². The fraction of sp³-hybridized carbons (Fsp3) is 0.273. The van der Waals surface area contributed by atoms with Gasteiger partial charge in [-0.15, -0.1) is 0 Å². The van der Waals surface area contributed by atoms with E-state index in [-0.39, 0.29) is 23.8 Å². The van der Waals surface area contributed by atoms with Crippen LogP contribution in [0.15, 0.2) is 48.5 Å². The van der Waals surface area contributed by atoms with Gasteiger partial charge in [0.05, 0.1) is 17.7 Å². The summed E-state index contributed by atoms with van der Waals surface area (Å²) in [5.41, 5.74) is 6.84. The maximum Gasteiger partial charge on any atom is 0.491 e. The van der Waals surface area contributed by atoms with Crippen LogP contribution in [0.1, 0.15) is 29.8 Å². The lowest BCUT2D eigenvalue weighted by Gasteiger charge is -2.13. The van der Waals surface area contributed by atoms with E-state index in [9.17, 15) is 32.3 Å². The lowest BCUT2D eigenvalue weighted by atomic mass is 10.1. The molecule has 3 amide bonds. The number of esters is 2. The zero-order valence-electron chi connectivity index (χ0n) is 18.1. The number of nitrogens with one attached hydrogen (secondary N) is 2. The SMILES string of the molecule is CC(C)OC(=O)c1ccc(NC(=O)NC(=O)[C@@H](N)Cc2ccc(OC(=O)C(F)(F)F)cc2)cc1. The second-order valence-corrected chi connectivity index (χ2v) is 7.32. The minimum absolute atomic E-state index is 0.0424. The molecule has 9 nitrogen and oxygen atoms in total. The van der Waals surface area contributed by atoms with Crippen molar-refractivity contribution >= 4 is 29.6 Å².